The highest BCUT2D eigenvalue weighted by molar-refractivity contribution is 6.24. The summed E-state index contributed by atoms with van der Waals surface area (Å²) in [6, 6.07) is 7.41. The Labute approximate surface area is 218 Å². The molecule has 0 unspecified atom stereocenters. The highest BCUT2D eigenvalue weighted by Crippen LogP contribution is 2.53. The number of primary amides is 1. The van der Waals surface area contributed by atoms with E-state index in [2.05, 4.69) is 4.98 Å². The first-order chi connectivity index (χ1) is 18.0. The lowest BCUT2D eigenvalue weighted by Gasteiger charge is -2.50. The maximum absolute atomic E-state index is 13.8. The van der Waals surface area contributed by atoms with Crippen molar-refractivity contribution in [2.75, 3.05) is 14.1 Å². The van der Waals surface area contributed by atoms with Crippen LogP contribution in [0.25, 0.3) is 17.9 Å². The first-order valence-electron chi connectivity index (χ1n) is 12.1. The van der Waals surface area contributed by atoms with Gasteiger partial charge in [-0.1, -0.05) is 18.2 Å². The normalized spacial score (nSPS) is 27.0. The molecule has 1 heterocycles. The van der Waals surface area contributed by atoms with E-state index in [1.54, 1.807) is 44.6 Å². The minimum atomic E-state index is -2.66. The molecular weight excluding hydrogens is 490 g/mol. The fourth-order valence-corrected chi connectivity index (χ4v) is 6.07. The second kappa shape index (κ2) is 8.93. The van der Waals surface area contributed by atoms with E-state index in [1.807, 2.05) is 12.1 Å². The Balaban J connectivity index is 1.68. The predicted octanol–water partition coefficient (Wildman–Crippen LogP) is 1.53. The largest absolute Gasteiger partial charge is 0.508 e. The monoisotopic (exact) mass is 517 g/mol. The zero-order valence-corrected chi connectivity index (χ0v) is 20.8. The van der Waals surface area contributed by atoms with Crippen molar-refractivity contribution in [3.05, 3.63) is 75.8 Å². The average molecular weight is 518 g/mol. The Morgan fingerprint density at radius 2 is 1.87 bits per heavy atom. The first kappa shape index (κ1) is 25.4. The number of aromatic nitrogens is 1. The number of hydrogen-bond donors (Lipinski definition) is 5. The third kappa shape index (κ3) is 3.56. The average Bonchev–Trinajstić information content (AvgIpc) is 2.86. The van der Waals surface area contributed by atoms with Crippen molar-refractivity contribution in [1.29, 1.82) is 0 Å². The number of aliphatic hydroxyl groups is 3. The number of likely N-dealkylation sites (N-methyl/N-ethyl adjacent to an activating group) is 1. The summed E-state index contributed by atoms with van der Waals surface area (Å²) in [5.41, 5.74) is 3.68. The zero-order valence-electron chi connectivity index (χ0n) is 20.8. The highest BCUT2D eigenvalue weighted by Gasteiger charge is 2.64. The summed E-state index contributed by atoms with van der Waals surface area (Å²) in [6.07, 6.45) is 5.47. The van der Waals surface area contributed by atoms with E-state index in [0.29, 0.717) is 16.8 Å². The van der Waals surface area contributed by atoms with Gasteiger partial charge in [0.05, 0.1) is 17.3 Å². The second-order valence-electron chi connectivity index (χ2n) is 10.1. The highest BCUT2D eigenvalue weighted by atomic mass is 16.3. The van der Waals surface area contributed by atoms with Gasteiger partial charge in [0.15, 0.2) is 11.4 Å². The molecule has 0 bridgehead atoms. The maximum atomic E-state index is 13.8. The molecule has 196 valence electrons. The molecule has 1 aromatic heterocycles. The van der Waals surface area contributed by atoms with E-state index in [0.717, 1.165) is 0 Å². The Hall–Kier alpha value is -4.28. The number of phenols is 1. The van der Waals surface area contributed by atoms with E-state index in [1.165, 1.54) is 11.0 Å². The minimum absolute atomic E-state index is 0.0326. The molecule has 0 spiro atoms. The molecule has 3 aliphatic rings. The van der Waals surface area contributed by atoms with E-state index >= 15 is 0 Å². The molecule has 1 fully saturated rings. The smallest absolute Gasteiger partial charge is 0.255 e. The lowest BCUT2D eigenvalue weighted by atomic mass is 9.57. The summed E-state index contributed by atoms with van der Waals surface area (Å²) in [4.78, 5) is 44.8. The number of hydrogen-bond acceptors (Lipinski definition) is 9. The van der Waals surface area contributed by atoms with Crippen LogP contribution >= 0.6 is 0 Å². The summed E-state index contributed by atoms with van der Waals surface area (Å²) >= 11 is 0. The number of nitrogens with zero attached hydrogens (tertiary/aromatic N) is 2. The Bertz CT molecular complexity index is 1470. The number of amides is 1. The van der Waals surface area contributed by atoms with Gasteiger partial charge >= 0.3 is 0 Å². The van der Waals surface area contributed by atoms with Gasteiger partial charge in [-0.3, -0.25) is 24.3 Å². The first-order valence-corrected chi connectivity index (χ1v) is 12.1. The number of aliphatic hydroxyl groups excluding tert-OH is 2. The van der Waals surface area contributed by atoms with Crippen LogP contribution in [0.4, 0.5) is 0 Å². The quantitative estimate of drug-likeness (QED) is 0.377. The Morgan fingerprint density at radius 3 is 2.50 bits per heavy atom. The number of rotatable bonds is 4. The fraction of sp³-hybridized carbons (Fsp3) is 0.286. The minimum Gasteiger partial charge on any atom is -0.508 e. The number of phenolic OH excluding ortho intramolecular Hbond substituents is 1. The molecule has 6 N–H and O–H groups in total. The van der Waals surface area contributed by atoms with Gasteiger partial charge in [0.25, 0.3) is 5.91 Å². The van der Waals surface area contributed by atoms with Crippen LogP contribution in [-0.2, 0) is 20.8 Å². The van der Waals surface area contributed by atoms with Gasteiger partial charge in [-0.05, 0) is 68.3 Å². The molecule has 1 saturated carbocycles. The third-order valence-corrected chi connectivity index (χ3v) is 7.76. The third-order valence-electron chi connectivity index (χ3n) is 7.76. The Morgan fingerprint density at radius 1 is 1.13 bits per heavy atom. The standard InChI is InChI=1S/C28H27N3O7/c1-31(2)22-17-12-14-11-16-13(6-8-15-5-3-4-10-30-15)7-9-18(32)20(16)23(33)19(14)25(35)28(17,38)26(36)21(24(22)34)27(29)37/h3-10,14,17,22,32-33,36,38H,11-12H2,1-2H3,(H2,29,37)/b8-6+/t14-,17-,22-,28-/m0/s1. The Kier molecular flexibility index (Phi) is 5.96. The van der Waals surface area contributed by atoms with Gasteiger partial charge in [-0.2, -0.15) is 0 Å². The van der Waals surface area contributed by atoms with Crippen molar-refractivity contribution in [2.24, 2.45) is 17.6 Å². The molecule has 38 heavy (non-hydrogen) atoms. The zero-order chi connectivity index (χ0) is 27.5. The van der Waals surface area contributed by atoms with Crippen molar-refractivity contribution in [1.82, 2.24) is 9.88 Å². The van der Waals surface area contributed by atoms with E-state index in [4.69, 9.17) is 5.73 Å². The number of pyridine rings is 1. The SMILES string of the molecule is CN(C)[C@@H]1C(=O)C(C(N)=O)=C(O)[C@@]2(O)C(=O)C3=C(O)c4c(O)ccc(/C=C/c5ccccn5)c4C[C@H]3C[C@@H]12. The summed E-state index contributed by atoms with van der Waals surface area (Å²) in [5, 5.41) is 44.5. The van der Waals surface area contributed by atoms with Crippen molar-refractivity contribution >= 4 is 35.4 Å². The van der Waals surface area contributed by atoms with Gasteiger partial charge in [0.1, 0.15) is 22.8 Å². The second-order valence-corrected chi connectivity index (χ2v) is 10.1. The van der Waals surface area contributed by atoms with Crippen LogP contribution in [0.1, 0.15) is 28.8 Å². The molecule has 0 radical (unpaired) electrons. The van der Waals surface area contributed by atoms with Crippen LogP contribution in [0.15, 0.2) is 53.4 Å². The van der Waals surface area contributed by atoms with Crippen LogP contribution in [0.2, 0.25) is 0 Å². The number of fused-ring (bicyclic) bond motifs is 3. The topological polar surface area (TPSA) is 174 Å². The molecular formula is C28H27N3O7. The molecule has 4 atom stereocenters. The summed E-state index contributed by atoms with van der Waals surface area (Å²) in [7, 11) is 3.12. The van der Waals surface area contributed by atoms with Crippen LogP contribution in [0.5, 0.6) is 5.75 Å². The van der Waals surface area contributed by atoms with Gasteiger partial charge in [-0.25, -0.2) is 0 Å². The predicted molar refractivity (Wildman–Crippen MR) is 137 cm³/mol. The van der Waals surface area contributed by atoms with Gasteiger partial charge in [-0.15, -0.1) is 0 Å². The van der Waals surface area contributed by atoms with Crippen LogP contribution in [-0.4, -0.2) is 73.5 Å². The number of Topliss-reactive ketones (excluding diaryl/α,β-unsaturated/α-hetero) is 2. The van der Waals surface area contributed by atoms with Crippen LogP contribution < -0.4 is 5.73 Å². The molecule has 5 rings (SSSR count). The number of benzene rings is 1. The van der Waals surface area contributed by atoms with Gasteiger partial charge in [0.2, 0.25) is 5.78 Å². The van der Waals surface area contributed by atoms with Crippen LogP contribution in [0.3, 0.4) is 0 Å². The summed E-state index contributed by atoms with van der Waals surface area (Å²) < 4.78 is 0. The number of aromatic hydroxyl groups is 1. The summed E-state index contributed by atoms with van der Waals surface area (Å²) in [5.74, 6) is -6.73. The number of carbonyl (C=O) groups excluding carboxylic acids is 3. The van der Waals surface area contributed by atoms with Crippen LogP contribution in [0, 0.1) is 11.8 Å². The molecule has 10 nitrogen and oxygen atoms in total. The maximum Gasteiger partial charge on any atom is 0.255 e. The molecule has 3 aliphatic carbocycles. The lowest BCUT2D eigenvalue weighted by Crippen LogP contribution is -2.65. The van der Waals surface area contributed by atoms with Gasteiger partial charge in [0, 0.05) is 17.7 Å². The fourth-order valence-electron chi connectivity index (χ4n) is 6.07. The van der Waals surface area contributed by atoms with Crippen molar-refractivity contribution in [3.63, 3.8) is 0 Å². The lowest BCUT2D eigenvalue weighted by molar-refractivity contribution is -0.153. The van der Waals surface area contributed by atoms with Gasteiger partial charge < -0.3 is 26.2 Å². The van der Waals surface area contributed by atoms with Crippen molar-refractivity contribution in [3.8, 4) is 5.75 Å². The summed E-state index contributed by atoms with van der Waals surface area (Å²) in [6.45, 7) is 0. The number of ketones is 2. The molecule has 2 aromatic rings. The molecule has 1 amide bonds. The van der Waals surface area contributed by atoms with E-state index < -0.39 is 58.0 Å². The molecule has 0 saturated heterocycles. The van der Waals surface area contributed by atoms with E-state index in [-0.39, 0.29) is 29.7 Å². The molecule has 1 aromatic carbocycles. The van der Waals surface area contributed by atoms with Crippen molar-refractivity contribution in [2.45, 2.75) is 24.5 Å². The number of nitrogens with two attached hydrogens (primary N) is 1. The van der Waals surface area contributed by atoms with Crippen molar-refractivity contribution < 1.29 is 34.8 Å². The molecule has 10 heteroatoms. The number of carbonyl (C=O) groups is 3. The molecule has 0 aliphatic heterocycles. The van der Waals surface area contributed by atoms with E-state index in [9.17, 15) is 34.8 Å².